The number of nitrogens with zero attached hydrogens (tertiary/aromatic N) is 1. The number of carbonyl (C=O) groups excluding carboxylic acids is 2. The second-order valence-corrected chi connectivity index (χ2v) is 5.04. The SMILES string of the molecule is CNC(=O)C(C)N(Cc1ccc(F)cc1)C(=O)C(C)C. The van der Waals surface area contributed by atoms with Crippen LogP contribution in [-0.4, -0.2) is 29.8 Å². The lowest BCUT2D eigenvalue weighted by Gasteiger charge is -2.29. The van der Waals surface area contributed by atoms with Gasteiger partial charge in [-0.2, -0.15) is 0 Å². The van der Waals surface area contributed by atoms with Gasteiger partial charge >= 0.3 is 0 Å². The lowest BCUT2D eigenvalue weighted by Crippen LogP contribution is -2.48. The van der Waals surface area contributed by atoms with Gasteiger partial charge in [0.2, 0.25) is 11.8 Å². The third kappa shape index (κ3) is 4.05. The van der Waals surface area contributed by atoms with Crippen molar-refractivity contribution in [2.75, 3.05) is 7.05 Å². The Bertz CT molecular complexity index is 471. The summed E-state index contributed by atoms with van der Waals surface area (Å²) >= 11 is 0. The van der Waals surface area contributed by atoms with Crippen LogP contribution in [0.2, 0.25) is 0 Å². The van der Waals surface area contributed by atoms with E-state index in [1.807, 2.05) is 0 Å². The zero-order valence-electron chi connectivity index (χ0n) is 12.3. The molecule has 0 spiro atoms. The molecular formula is C15H21FN2O2. The van der Waals surface area contributed by atoms with E-state index in [0.717, 1.165) is 5.56 Å². The van der Waals surface area contributed by atoms with Gasteiger partial charge in [-0.05, 0) is 24.6 Å². The van der Waals surface area contributed by atoms with Crippen molar-refractivity contribution in [1.82, 2.24) is 10.2 Å². The van der Waals surface area contributed by atoms with E-state index in [-0.39, 0.29) is 30.1 Å². The number of hydrogen-bond acceptors (Lipinski definition) is 2. The minimum atomic E-state index is -0.569. The highest BCUT2D eigenvalue weighted by atomic mass is 19.1. The highest BCUT2D eigenvalue weighted by Crippen LogP contribution is 2.13. The lowest BCUT2D eigenvalue weighted by atomic mass is 10.1. The molecule has 1 unspecified atom stereocenters. The number of nitrogens with one attached hydrogen (secondary N) is 1. The van der Waals surface area contributed by atoms with Crippen molar-refractivity contribution >= 4 is 11.8 Å². The van der Waals surface area contributed by atoms with Crippen LogP contribution in [0.25, 0.3) is 0 Å². The third-order valence-electron chi connectivity index (χ3n) is 3.14. The Morgan fingerprint density at radius 1 is 1.20 bits per heavy atom. The zero-order chi connectivity index (χ0) is 15.3. The van der Waals surface area contributed by atoms with E-state index in [9.17, 15) is 14.0 Å². The van der Waals surface area contributed by atoms with E-state index < -0.39 is 6.04 Å². The zero-order valence-corrected chi connectivity index (χ0v) is 12.3. The van der Waals surface area contributed by atoms with Gasteiger partial charge in [-0.25, -0.2) is 4.39 Å². The fraction of sp³-hybridized carbons (Fsp3) is 0.467. The van der Waals surface area contributed by atoms with Gasteiger partial charge < -0.3 is 10.2 Å². The number of benzene rings is 1. The van der Waals surface area contributed by atoms with Crippen LogP contribution in [0.5, 0.6) is 0 Å². The Labute approximate surface area is 119 Å². The Kier molecular flexibility index (Phi) is 5.67. The van der Waals surface area contributed by atoms with Crippen LogP contribution in [0.4, 0.5) is 4.39 Å². The lowest BCUT2D eigenvalue weighted by molar-refractivity contribution is -0.142. The Balaban J connectivity index is 2.96. The molecule has 2 amide bonds. The van der Waals surface area contributed by atoms with Gasteiger partial charge in [0, 0.05) is 19.5 Å². The standard InChI is InChI=1S/C15H21FN2O2/c1-10(2)15(20)18(11(3)14(19)17-4)9-12-5-7-13(16)8-6-12/h5-8,10-11H,9H2,1-4H3,(H,17,19). The minimum Gasteiger partial charge on any atom is -0.357 e. The molecule has 0 fully saturated rings. The molecule has 0 bridgehead atoms. The van der Waals surface area contributed by atoms with Crippen LogP contribution >= 0.6 is 0 Å². The predicted octanol–water partition coefficient (Wildman–Crippen LogP) is 1.94. The topological polar surface area (TPSA) is 49.4 Å². The molecule has 110 valence electrons. The normalized spacial score (nSPS) is 12.1. The summed E-state index contributed by atoms with van der Waals surface area (Å²) in [6.07, 6.45) is 0. The summed E-state index contributed by atoms with van der Waals surface area (Å²) in [6.45, 7) is 5.54. The van der Waals surface area contributed by atoms with Crippen LogP contribution in [0.3, 0.4) is 0 Å². The molecule has 1 N–H and O–H groups in total. The number of amides is 2. The van der Waals surface area contributed by atoms with Crippen molar-refractivity contribution < 1.29 is 14.0 Å². The Morgan fingerprint density at radius 2 is 1.75 bits per heavy atom. The summed E-state index contributed by atoms with van der Waals surface area (Å²) in [5.41, 5.74) is 0.788. The van der Waals surface area contributed by atoms with E-state index in [2.05, 4.69) is 5.32 Å². The fourth-order valence-electron chi connectivity index (χ4n) is 1.87. The Morgan fingerprint density at radius 3 is 2.20 bits per heavy atom. The first-order valence-corrected chi connectivity index (χ1v) is 6.63. The second-order valence-electron chi connectivity index (χ2n) is 5.04. The first-order valence-electron chi connectivity index (χ1n) is 6.63. The number of likely N-dealkylation sites (N-methyl/N-ethyl adjacent to an activating group) is 1. The number of halogens is 1. The van der Waals surface area contributed by atoms with Crippen LogP contribution in [0.1, 0.15) is 26.3 Å². The third-order valence-corrected chi connectivity index (χ3v) is 3.14. The average Bonchev–Trinajstić information content (AvgIpc) is 2.44. The molecular weight excluding hydrogens is 259 g/mol. The van der Waals surface area contributed by atoms with Crippen LogP contribution in [0.15, 0.2) is 24.3 Å². The molecule has 0 heterocycles. The van der Waals surface area contributed by atoms with Crippen LogP contribution in [-0.2, 0) is 16.1 Å². The summed E-state index contributed by atoms with van der Waals surface area (Å²) < 4.78 is 12.9. The molecule has 1 aromatic carbocycles. The van der Waals surface area contributed by atoms with E-state index in [4.69, 9.17) is 0 Å². The van der Waals surface area contributed by atoms with Crippen molar-refractivity contribution in [2.24, 2.45) is 5.92 Å². The molecule has 4 nitrogen and oxygen atoms in total. The first-order chi connectivity index (χ1) is 9.36. The smallest absolute Gasteiger partial charge is 0.242 e. The highest BCUT2D eigenvalue weighted by Gasteiger charge is 2.26. The molecule has 5 heteroatoms. The molecule has 0 saturated carbocycles. The molecule has 0 aromatic heterocycles. The van der Waals surface area contributed by atoms with E-state index in [1.54, 1.807) is 32.9 Å². The van der Waals surface area contributed by atoms with Crippen molar-refractivity contribution in [3.8, 4) is 0 Å². The molecule has 1 rings (SSSR count). The minimum absolute atomic E-state index is 0.106. The molecule has 0 saturated heterocycles. The van der Waals surface area contributed by atoms with Gasteiger partial charge in [0.1, 0.15) is 11.9 Å². The molecule has 0 aliphatic heterocycles. The van der Waals surface area contributed by atoms with Gasteiger partial charge in [0.05, 0.1) is 0 Å². The molecule has 0 aliphatic carbocycles. The monoisotopic (exact) mass is 280 g/mol. The molecule has 0 aliphatic rings. The first kappa shape index (κ1) is 16.1. The van der Waals surface area contributed by atoms with Gasteiger partial charge in [-0.1, -0.05) is 26.0 Å². The summed E-state index contributed by atoms with van der Waals surface area (Å²) in [7, 11) is 1.54. The molecule has 1 atom stereocenters. The summed E-state index contributed by atoms with van der Waals surface area (Å²) in [6, 6.07) is 5.36. The maximum atomic E-state index is 12.9. The Hall–Kier alpha value is -1.91. The second kappa shape index (κ2) is 7.03. The average molecular weight is 280 g/mol. The number of hydrogen-bond donors (Lipinski definition) is 1. The summed E-state index contributed by atoms with van der Waals surface area (Å²) in [5.74, 6) is -0.857. The van der Waals surface area contributed by atoms with Crippen molar-refractivity contribution in [2.45, 2.75) is 33.4 Å². The predicted molar refractivity (Wildman–Crippen MR) is 75.3 cm³/mol. The summed E-state index contributed by atoms with van der Waals surface area (Å²) in [5, 5.41) is 2.54. The van der Waals surface area contributed by atoms with Gasteiger partial charge in [0.25, 0.3) is 0 Å². The quantitative estimate of drug-likeness (QED) is 0.896. The van der Waals surface area contributed by atoms with Crippen molar-refractivity contribution in [1.29, 1.82) is 0 Å². The molecule has 0 radical (unpaired) electrons. The van der Waals surface area contributed by atoms with Crippen LogP contribution in [0, 0.1) is 11.7 Å². The van der Waals surface area contributed by atoms with E-state index >= 15 is 0 Å². The van der Waals surface area contributed by atoms with Gasteiger partial charge in [-0.15, -0.1) is 0 Å². The van der Waals surface area contributed by atoms with E-state index in [1.165, 1.54) is 24.1 Å². The van der Waals surface area contributed by atoms with Crippen LogP contribution < -0.4 is 5.32 Å². The van der Waals surface area contributed by atoms with Crippen molar-refractivity contribution in [3.05, 3.63) is 35.6 Å². The largest absolute Gasteiger partial charge is 0.357 e. The van der Waals surface area contributed by atoms with Crippen molar-refractivity contribution in [3.63, 3.8) is 0 Å². The summed E-state index contributed by atoms with van der Waals surface area (Å²) in [4.78, 5) is 25.5. The van der Waals surface area contributed by atoms with E-state index in [0.29, 0.717) is 0 Å². The maximum absolute atomic E-state index is 12.9. The number of carbonyl (C=O) groups is 2. The van der Waals surface area contributed by atoms with Gasteiger partial charge in [-0.3, -0.25) is 9.59 Å². The highest BCUT2D eigenvalue weighted by molar-refractivity contribution is 5.87. The van der Waals surface area contributed by atoms with Gasteiger partial charge in [0.15, 0.2) is 0 Å². The number of rotatable bonds is 5. The fourth-order valence-corrected chi connectivity index (χ4v) is 1.87. The molecule has 1 aromatic rings. The molecule has 20 heavy (non-hydrogen) atoms. The maximum Gasteiger partial charge on any atom is 0.242 e.